The molecule has 0 saturated carbocycles. The number of allylic oxidation sites excluding steroid dienone is 1. The van der Waals surface area contributed by atoms with Crippen LogP contribution >= 0.6 is 0 Å². The second kappa shape index (κ2) is 7.74. The monoisotopic (exact) mass is 206 g/mol. The molecule has 15 heavy (non-hydrogen) atoms. The van der Waals surface area contributed by atoms with Crippen molar-refractivity contribution in [2.24, 2.45) is 4.99 Å². The summed E-state index contributed by atoms with van der Waals surface area (Å²) in [5.41, 5.74) is 1.36. The van der Waals surface area contributed by atoms with Crippen molar-refractivity contribution in [3.05, 3.63) is 37.0 Å². The molecule has 0 spiro atoms. The van der Waals surface area contributed by atoms with Gasteiger partial charge in [0.15, 0.2) is 0 Å². The summed E-state index contributed by atoms with van der Waals surface area (Å²) in [7, 11) is 1.58. The maximum Gasteiger partial charge on any atom is 0.250 e. The van der Waals surface area contributed by atoms with Crippen molar-refractivity contribution in [2.75, 3.05) is 13.6 Å². The molecule has 0 radical (unpaired) electrons. The van der Waals surface area contributed by atoms with Crippen molar-refractivity contribution in [2.45, 2.75) is 13.3 Å². The summed E-state index contributed by atoms with van der Waals surface area (Å²) in [6, 6.07) is 0. The molecule has 0 aromatic rings. The molecule has 0 bridgehead atoms. The molecule has 82 valence electrons. The van der Waals surface area contributed by atoms with E-state index in [1.54, 1.807) is 25.3 Å². The summed E-state index contributed by atoms with van der Waals surface area (Å²) in [4.78, 5) is 15.4. The van der Waals surface area contributed by atoms with Gasteiger partial charge in [-0.2, -0.15) is 0 Å². The first-order chi connectivity index (χ1) is 7.15. The average Bonchev–Trinajstić information content (AvgIpc) is 2.27. The first-order valence-electron chi connectivity index (χ1n) is 4.89. The Morgan fingerprint density at radius 3 is 2.60 bits per heavy atom. The van der Waals surface area contributed by atoms with Gasteiger partial charge in [0, 0.05) is 18.3 Å². The largest absolute Gasteiger partial charge is 0.355 e. The fraction of sp³-hybridized carbons (Fsp3) is 0.333. The Labute approximate surface area is 91.3 Å². The summed E-state index contributed by atoms with van der Waals surface area (Å²) < 4.78 is 0. The van der Waals surface area contributed by atoms with Crippen LogP contribution in [0.5, 0.6) is 0 Å². The lowest BCUT2D eigenvalue weighted by molar-refractivity contribution is -0.116. The Morgan fingerprint density at radius 2 is 2.13 bits per heavy atom. The van der Waals surface area contributed by atoms with E-state index in [-0.39, 0.29) is 5.91 Å². The predicted octanol–water partition coefficient (Wildman–Crippen LogP) is 1.88. The minimum atomic E-state index is -0.176. The van der Waals surface area contributed by atoms with E-state index < -0.39 is 0 Å². The Kier molecular flexibility index (Phi) is 6.89. The lowest BCUT2D eigenvalue weighted by Crippen LogP contribution is -2.18. The highest BCUT2D eigenvalue weighted by Gasteiger charge is 1.99. The Hall–Kier alpha value is -1.64. The van der Waals surface area contributed by atoms with Crippen LogP contribution in [0.25, 0.3) is 0 Å². The van der Waals surface area contributed by atoms with Gasteiger partial charge >= 0.3 is 0 Å². The molecular formula is C12H18N2O. The third-order valence-corrected chi connectivity index (χ3v) is 1.78. The van der Waals surface area contributed by atoms with Gasteiger partial charge in [0.2, 0.25) is 5.91 Å². The number of hydrogen-bond donors (Lipinski definition) is 1. The van der Waals surface area contributed by atoms with Crippen molar-refractivity contribution < 1.29 is 4.79 Å². The number of rotatable bonds is 6. The number of nitrogens with zero attached hydrogens (tertiary/aromatic N) is 1. The quantitative estimate of drug-likeness (QED) is 0.306. The fourth-order valence-corrected chi connectivity index (χ4v) is 0.897. The fourth-order valence-electron chi connectivity index (χ4n) is 0.897. The Balaban J connectivity index is 4.41. The van der Waals surface area contributed by atoms with Gasteiger partial charge in [0.25, 0.3) is 0 Å². The standard InChI is InChI=1S/C12H18N2O/c1-5-9-14-11(6-2)8-7-10(3)12(15)13-4/h5,7-8H,1,3,6,9H2,2,4H3,(H,13,15)/b8-7-,14-11?. The molecule has 0 aliphatic heterocycles. The van der Waals surface area contributed by atoms with Crippen LogP contribution in [-0.2, 0) is 4.79 Å². The zero-order valence-corrected chi connectivity index (χ0v) is 9.42. The lowest BCUT2D eigenvalue weighted by atomic mass is 10.2. The molecular weight excluding hydrogens is 188 g/mol. The number of nitrogens with one attached hydrogen (secondary N) is 1. The van der Waals surface area contributed by atoms with Gasteiger partial charge < -0.3 is 5.32 Å². The smallest absolute Gasteiger partial charge is 0.250 e. The van der Waals surface area contributed by atoms with Crippen LogP contribution in [0.3, 0.4) is 0 Å². The van der Waals surface area contributed by atoms with Crippen molar-refractivity contribution in [3.8, 4) is 0 Å². The van der Waals surface area contributed by atoms with E-state index in [1.807, 2.05) is 6.92 Å². The first kappa shape index (κ1) is 13.4. The molecule has 3 nitrogen and oxygen atoms in total. The van der Waals surface area contributed by atoms with Crippen LogP contribution in [0.2, 0.25) is 0 Å². The van der Waals surface area contributed by atoms with E-state index >= 15 is 0 Å². The van der Waals surface area contributed by atoms with Gasteiger partial charge in [0.1, 0.15) is 0 Å². The van der Waals surface area contributed by atoms with Crippen LogP contribution < -0.4 is 5.32 Å². The highest BCUT2D eigenvalue weighted by atomic mass is 16.1. The predicted molar refractivity (Wildman–Crippen MR) is 65.1 cm³/mol. The molecule has 0 aliphatic carbocycles. The van der Waals surface area contributed by atoms with E-state index in [2.05, 4.69) is 23.5 Å². The van der Waals surface area contributed by atoms with Crippen LogP contribution in [0, 0.1) is 0 Å². The summed E-state index contributed by atoms with van der Waals surface area (Å²) >= 11 is 0. The van der Waals surface area contributed by atoms with Gasteiger partial charge in [-0.15, -0.1) is 6.58 Å². The third-order valence-electron chi connectivity index (χ3n) is 1.78. The normalized spacial score (nSPS) is 11.5. The van der Waals surface area contributed by atoms with Gasteiger partial charge in [-0.05, 0) is 18.6 Å². The van der Waals surface area contributed by atoms with Crippen LogP contribution in [-0.4, -0.2) is 25.2 Å². The van der Waals surface area contributed by atoms with Gasteiger partial charge in [-0.3, -0.25) is 9.79 Å². The molecule has 1 N–H and O–H groups in total. The summed E-state index contributed by atoms with van der Waals surface area (Å²) in [5, 5.41) is 2.50. The number of carbonyl (C=O) groups is 1. The zero-order chi connectivity index (χ0) is 11.7. The second-order valence-corrected chi connectivity index (χ2v) is 2.91. The van der Waals surface area contributed by atoms with Crippen molar-refractivity contribution in [1.29, 1.82) is 0 Å². The Morgan fingerprint density at radius 1 is 1.47 bits per heavy atom. The first-order valence-corrected chi connectivity index (χ1v) is 4.89. The van der Waals surface area contributed by atoms with E-state index in [1.165, 1.54) is 0 Å². The molecule has 0 aromatic carbocycles. The maximum absolute atomic E-state index is 11.1. The van der Waals surface area contributed by atoms with Crippen LogP contribution in [0.1, 0.15) is 13.3 Å². The van der Waals surface area contributed by atoms with E-state index in [0.717, 1.165) is 12.1 Å². The van der Waals surface area contributed by atoms with Gasteiger partial charge in [-0.1, -0.05) is 19.6 Å². The summed E-state index contributed by atoms with van der Waals surface area (Å²) in [5.74, 6) is -0.176. The van der Waals surface area contributed by atoms with Crippen molar-refractivity contribution >= 4 is 11.6 Å². The van der Waals surface area contributed by atoms with Crippen molar-refractivity contribution in [1.82, 2.24) is 5.32 Å². The number of aliphatic imine (C=N–C) groups is 1. The third kappa shape index (κ3) is 5.62. The molecule has 0 fully saturated rings. The molecule has 1 amide bonds. The minimum Gasteiger partial charge on any atom is -0.355 e. The number of amides is 1. The molecule has 0 aliphatic rings. The minimum absolute atomic E-state index is 0.176. The molecule has 0 atom stereocenters. The van der Waals surface area contributed by atoms with E-state index in [9.17, 15) is 4.79 Å². The zero-order valence-electron chi connectivity index (χ0n) is 9.42. The van der Waals surface area contributed by atoms with Gasteiger partial charge in [-0.25, -0.2) is 0 Å². The maximum atomic E-state index is 11.1. The lowest BCUT2D eigenvalue weighted by Gasteiger charge is -1.98. The van der Waals surface area contributed by atoms with Crippen LogP contribution in [0.4, 0.5) is 0 Å². The number of carbonyl (C=O) groups excluding carboxylic acids is 1. The van der Waals surface area contributed by atoms with Crippen LogP contribution in [0.15, 0.2) is 42.0 Å². The van der Waals surface area contributed by atoms with E-state index in [4.69, 9.17) is 0 Å². The number of likely N-dealkylation sites (N-methyl/N-ethyl adjacent to an activating group) is 1. The van der Waals surface area contributed by atoms with E-state index in [0.29, 0.717) is 12.1 Å². The second-order valence-electron chi connectivity index (χ2n) is 2.91. The average molecular weight is 206 g/mol. The highest BCUT2D eigenvalue weighted by Crippen LogP contribution is 1.96. The molecule has 0 aromatic heterocycles. The molecule has 0 heterocycles. The van der Waals surface area contributed by atoms with Crippen molar-refractivity contribution in [3.63, 3.8) is 0 Å². The molecule has 3 heteroatoms. The summed E-state index contributed by atoms with van der Waals surface area (Å²) in [6.45, 7) is 9.83. The molecule has 0 rings (SSSR count). The number of hydrogen-bond acceptors (Lipinski definition) is 2. The summed E-state index contributed by atoms with van der Waals surface area (Å²) in [6.07, 6.45) is 6.04. The van der Waals surface area contributed by atoms with Gasteiger partial charge in [0.05, 0.1) is 6.54 Å². The Bertz CT molecular complexity index is 301. The molecule has 0 unspecified atom stereocenters. The topological polar surface area (TPSA) is 41.5 Å². The SMILES string of the molecule is C=CCN=C(/C=C\C(=C)C(=O)NC)CC. The molecule has 0 saturated heterocycles. The highest BCUT2D eigenvalue weighted by molar-refractivity contribution is 6.00.